The van der Waals surface area contributed by atoms with E-state index < -0.39 is 0 Å². The molecule has 0 aliphatic carbocycles. The van der Waals surface area contributed by atoms with Crippen LogP contribution in [-0.2, 0) is 6.54 Å². The standard InChI is InChI=1S/C14H21BrN2/c1-11(2)14-10-17(8-7-16-14)9-12-5-3-4-6-13(12)15/h3-6,11,14,16H,7-10H2,1-2H3. The highest BCUT2D eigenvalue weighted by molar-refractivity contribution is 9.10. The molecule has 0 bridgehead atoms. The second-order valence-corrected chi connectivity index (χ2v) is 5.99. The van der Waals surface area contributed by atoms with Gasteiger partial charge in [-0.25, -0.2) is 0 Å². The van der Waals surface area contributed by atoms with E-state index >= 15 is 0 Å². The second kappa shape index (κ2) is 5.98. The topological polar surface area (TPSA) is 15.3 Å². The summed E-state index contributed by atoms with van der Waals surface area (Å²) in [5, 5.41) is 3.60. The number of nitrogens with zero attached hydrogens (tertiary/aromatic N) is 1. The summed E-state index contributed by atoms with van der Waals surface area (Å²) in [4.78, 5) is 2.54. The first-order valence-electron chi connectivity index (χ1n) is 6.36. The highest BCUT2D eigenvalue weighted by Crippen LogP contribution is 2.19. The van der Waals surface area contributed by atoms with Gasteiger partial charge in [0.15, 0.2) is 0 Å². The van der Waals surface area contributed by atoms with Gasteiger partial charge < -0.3 is 5.32 Å². The summed E-state index contributed by atoms with van der Waals surface area (Å²) in [6, 6.07) is 9.14. The highest BCUT2D eigenvalue weighted by Gasteiger charge is 2.21. The van der Waals surface area contributed by atoms with Crippen LogP contribution in [0.1, 0.15) is 19.4 Å². The molecule has 2 rings (SSSR count). The Kier molecular flexibility index (Phi) is 4.60. The molecule has 1 aliphatic rings. The summed E-state index contributed by atoms with van der Waals surface area (Å²) in [5.74, 6) is 0.706. The van der Waals surface area contributed by atoms with Crippen LogP contribution < -0.4 is 5.32 Å². The van der Waals surface area contributed by atoms with E-state index in [9.17, 15) is 0 Å². The fourth-order valence-electron chi connectivity index (χ4n) is 2.30. The van der Waals surface area contributed by atoms with Gasteiger partial charge in [0.1, 0.15) is 0 Å². The molecule has 1 saturated heterocycles. The third-order valence-corrected chi connectivity index (χ3v) is 4.22. The van der Waals surface area contributed by atoms with Gasteiger partial charge in [-0.05, 0) is 17.5 Å². The molecule has 1 unspecified atom stereocenters. The lowest BCUT2D eigenvalue weighted by molar-refractivity contribution is 0.168. The van der Waals surface area contributed by atoms with Crippen LogP contribution in [0.15, 0.2) is 28.7 Å². The Morgan fingerprint density at radius 1 is 1.41 bits per heavy atom. The van der Waals surface area contributed by atoms with Crippen molar-refractivity contribution in [2.45, 2.75) is 26.4 Å². The number of halogens is 1. The average Bonchev–Trinajstić information content (AvgIpc) is 2.32. The van der Waals surface area contributed by atoms with E-state index in [1.807, 2.05) is 0 Å². The van der Waals surface area contributed by atoms with Gasteiger partial charge in [-0.3, -0.25) is 4.90 Å². The first-order chi connectivity index (χ1) is 8.16. The fraction of sp³-hybridized carbons (Fsp3) is 0.571. The minimum atomic E-state index is 0.631. The zero-order valence-electron chi connectivity index (χ0n) is 10.6. The summed E-state index contributed by atoms with van der Waals surface area (Å²) in [6.45, 7) is 9.03. The quantitative estimate of drug-likeness (QED) is 0.923. The highest BCUT2D eigenvalue weighted by atomic mass is 79.9. The Labute approximate surface area is 113 Å². The lowest BCUT2D eigenvalue weighted by Gasteiger charge is -2.35. The van der Waals surface area contributed by atoms with E-state index in [0.717, 1.165) is 26.2 Å². The predicted octanol–water partition coefficient (Wildman–Crippen LogP) is 2.88. The van der Waals surface area contributed by atoms with Crippen molar-refractivity contribution < 1.29 is 0 Å². The van der Waals surface area contributed by atoms with Crippen LogP contribution in [-0.4, -0.2) is 30.6 Å². The molecule has 17 heavy (non-hydrogen) atoms. The Balaban J connectivity index is 1.97. The van der Waals surface area contributed by atoms with Crippen molar-refractivity contribution >= 4 is 15.9 Å². The summed E-state index contributed by atoms with van der Waals surface area (Å²) in [5.41, 5.74) is 1.39. The number of benzene rings is 1. The van der Waals surface area contributed by atoms with Crippen molar-refractivity contribution in [3.05, 3.63) is 34.3 Å². The number of nitrogens with one attached hydrogen (secondary N) is 1. The minimum Gasteiger partial charge on any atom is -0.311 e. The molecule has 94 valence electrons. The van der Waals surface area contributed by atoms with Gasteiger partial charge in [0.05, 0.1) is 0 Å². The summed E-state index contributed by atoms with van der Waals surface area (Å²) >= 11 is 3.62. The largest absolute Gasteiger partial charge is 0.311 e. The van der Waals surface area contributed by atoms with Crippen molar-refractivity contribution in [1.29, 1.82) is 0 Å². The molecule has 2 nitrogen and oxygen atoms in total. The van der Waals surface area contributed by atoms with Crippen LogP contribution in [0.5, 0.6) is 0 Å². The van der Waals surface area contributed by atoms with Crippen LogP contribution in [0.4, 0.5) is 0 Å². The Bertz CT molecular complexity index is 365. The monoisotopic (exact) mass is 296 g/mol. The van der Waals surface area contributed by atoms with E-state index in [1.54, 1.807) is 0 Å². The summed E-state index contributed by atoms with van der Waals surface area (Å²) < 4.78 is 1.22. The smallest absolute Gasteiger partial charge is 0.0246 e. The van der Waals surface area contributed by atoms with Gasteiger partial charge in [-0.15, -0.1) is 0 Å². The normalized spacial score (nSPS) is 22.0. The molecule has 3 heteroatoms. The molecule has 1 aromatic carbocycles. The SMILES string of the molecule is CC(C)C1CN(Cc2ccccc2Br)CCN1. The molecule has 0 radical (unpaired) electrons. The number of hydrogen-bond acceptors (Lipinski definition) is 2. The Morgan fingerprint density at radius 2 is 2.18 bits per heavy atom. The van der Waals surface area contributed by atoms with Crippen molar-refractivity contribution in [3.63, 3.8) is 0 Å². The Hall–Kier alpha value is -0.380. The number of hydrogen-bond donors (Lipinski definition) is 1. The first-order valence-corrected chi connectivity index (χ1v) is 7.15. The number of rotatable bonds is 3. The zero-order valence-corrected chi connectivity index (χ0v) is 12.2. The van der Waals surface area contributed by atoms with E-state index in [2.05, 4.69) is 64.3 Å². The van der Waals surface area contributed by atoms with Gasteiger partial charge in [0, 0.05) is 36.7 Å². The van der Waals surface area contributed by atoms with Crippen LogP contribution in [0.2, 0.25) is 0 Å². The van der Waals surface area contributed by atoms with Crippen molar-refractivity contribution in [3.8, 4) is 0 Å². The molecule has 0 amide bonds. The summed E-state index contributed by atoms with van der Waals surface area (Å²) in [6.07, 6.45) is 0. The molecule has 1 heterocycles. The zero-order chi connectivity index (χ0) is 12.3. The molecule has 1 fully saturated rings. The predicted molar refractivity (Wildman–Crippen MR) is 76.0 cm³/mol. The van der Waals surface area contributed by atoms with Gasteiger partial charge in [0.2, 0.25) is 0 Å². The average molecular weight is 297 g/mol. The van der Waals surface area contributed by atoms with Crippen LogP contribution in [0.3, 0.4) is 0 Å². The molecule has 0 spiro atoms. The van der Waals surface area contributed by atoms with Gasteiger partial charge in [-0.1, -0.05) is 48.0 Å². The molecule has 0 aromatic heterocycles. The maximum absolute atomic E-state index is 3.62. The lowest BCUT2D eigenvalue weighted by Crippen LogP contribution is -2.52. The van der Waals surface area contributed by atoms with Gasteiger partial charge >= 0.3 is 0 Å². The molecular formula is C14H21BrN2. The third kappa shape index (κ3) is 3.54. The molecule has 1 aliphatic heterocycles. The second-order valence-electron chi connectivity index (χ2n) is 5.13. The fourth-order valence-corrected chi connectivity index (χ4v) is 2.71. The maximum Gasteiger partial charge on any atom is 0.0246 e. The van der Waals surface area contributed by atoms with E-state index in [-0.39, 0.29) is 0 Å². The van der Waals surface area contributed by atoms with E-state index in [1.165, 1.54) is 10.0 Å². The van der Waals surface area contributed by atoms with Gasteiger partial charge in [0.25, 0.3) is 0 Å². The minimum absolute atomic E-state index is 0.631. The third-order valence-electron chi connectivity index (χ3n) is 3.45. The van der Waals surface area contributed by atoms with Gasteiger partial charge in [-0.2, -0.15) is 0 Å². The molecule has 0 saturated carbocycles. The molecule has 1 aromatic rings. The first kappa shape index (κ1) is 13.1. The maximum atomic E-state index is 3.62. The Morgan fingerprint density at radius 3 is 2.88 bits per heavy atom. The number of piperazine rings is 1. The van der Waals surface area contributed by atoms with Crippen molar-refractivity contribution in [2.24, 2.45) is 5.92 Å². The van der Waals surface area contributed by atoms with E-state index in [0.29, 0.717) is 12.0 Å². The lowest BCUT2D eigenvalue weighted by atomic mass is 10.0. The summed E-state index contributed by atoms with van der Waals surface area (Å²) in [7, 11) is 0. The molecular weight excluding hydrogens is 276 g/mol. The van der Waals surface area contributed by atoms with Crippen molar-refractivity contribution in [1.82, 2.24) is 10.2 Å². The van der Waals surface area contributed by atoms with Crippen LogP contribution in [0, 0.1) is 5.92 Å². The van der Waals surface area contributed by atoms with Crippen LogP contribution in [0.25, 0.3) is 0 Å². The molecule has 1 N–H and O–H groups in total. The molecule has 1 atom stereocenters. The van der Waals surface area contributed by atoms with Crippen LogP contribution >= 0.6 is 15.9 Å². The van der Waals surface area contributed by atoms with E-state index in [4.69, 9.17) is 0 Å². The van der Waals surface area contributed by atoms with Crippen molar-refractivity contribution in [2.75, 3.05) is 19.6 Å².